The Kier molecular flexibility index (Phi) is 7.99. The van der Waals surface area contributed by atoms with Crippen molar-refractivity contribution in [3.63, 3.8) is 0 Å². The van der Waals surface area contributed by atoms with Crippen LogP contribution in [0.4, 0.5) is 0 Å². The molecule has 3 rings (SSSR count). The number of rotatable bonds is 8. The molecule has 0 bridgehead atoms. The van der Waals surface area contributed by atoms with Gasteiger partial charge < -0.3 is 14.2 Å². The van der Waals surface area contributed by atoms with Gasteiger partial charge in [-0.25, -0.2) is 10.2 Å². The second-order valence-corrected chi connectivity index (χ2v) is 7.59. The monoisotopic (exact) mass is 496 g/mol. The molecule has 7 nitrogen and oxygen atoms in total. The van der Waals surface area contributed by atoms with Crippen LogP contribution < -0.4 is 19.6 Å². The van der Waals surface area contributed by atoms with Gasteiger partial charge in [0, 0.05) is 10.0 Å². The highest BCUT2D eigenvalue weighted by Gasteiger charge is 2.12. The lowest BCUT2D eigenvalue weighted by molar-refractivity contribution is -0.123. The summed E-state index contributed by atoms with van der Waals surface area (Å²) in [4.78, 5) is 24.6. The quantitative estimate of drug-likeness (QED) is 0.214. The number of halogens is 1. The minimum absolute atomic E-state index is 0.245. The fourth-order valence-electron chi connectivity index (χ4n) is 2.73. The summed E-state index contributed by atoms with van der Waals surface area (Å²) in [5, 5.41) is 3.94. The first-order valence-corrected chi connectivity index (χ1v) is 10.4. The number of benzene rings is 3. The van der Waals surface area contributed by atoms with Gasteiger partial charge in [-0.05, 0) is 49.4 Å². The van der Waals surface area contributed by atoms with Crippen LogP contribution >= 0.6 is 15.9 Å². The fraction of sp³-hybridized carbons (Fsp3) is 0.125. The molecule has 8 heteroatoms. The second kappa shape index (κ2) is 11.1. The predicted octanol–water partition coefficient (Wildman–Crippen LogP) is 4.51. The van der Waals surface area contributed by atoms with Crippen LogP contribution in [0.15, 0.2) is 76.3 Å². The number of para-hydroxylation sites is 2. The highest BCUT2D eigenvalue weighted by Crippen LogP contribution is 2.25. The molecule has 0 atom stereocenters. The zero-order valence-corrected chi connectivity index (χ0v) is 19.1. The highest BCUT2D eigenvalue weighted by atomic mass is 79.9. The van der Waals surface area contributed by atoms with Crippen LogP contribution in [0.1, 0.15) is 21.5 Å². The van der Waals surface area contributed by atoms with Crippen LogP contribution in [-0.2, 0) is 4.79 Å². The third-order valence-electron chi connectivity index (χ3n) is 4.25. The summed E-state index contributed by atoms with van der Waals surface area (Å²) in [5.41, 5.74) is 4.29. The molecule has 0 spiro atoms. The molecular weight excluding hydrogens is 476 g/mol. The zero-order valence-electron chi connectivity index (χ0n) is 17.5. The van der Waals surface area contributed by atoms with Crippen LogP contribution in [-0.4, -0.2) is 31.8 Å². The second-order valence-electron chi connectivity index (χ2n) is 6.67. The van der Waals surface area contributed by atoms with E-state index in [1.807, 2.05) is 13.0 Å². The van der Waals surface area contributed by atoms with Crippen molar-refractivity contribution in [2.75, 3.05) is 13.7 Å². The van der Waals surface area contributed by atoms with Crippen molar-refractivity contribution in [1.82, 2.24) is 5.43 Å². The van der Waals surface area contributed by atoms with Crippen molar-refractivity contribution in [3.8, 4) is 17.2 Å². The van der Waals surface area contributed by atoms with Gasteiger partial charge in [0.2, 0.25) is 0 Å². The summed E-state index contributed by atoms with van der Waals surface area (Å²) >= 11 is 3.38. The molecule has 0 saturated heterocycles. The lowest BCUT2D eigenvalue weighted by Crippen LogP contribution is -2.24. The minimum Gasteiger partial charge on any atom is -0.493 e. The van der Waals surface area contributed by atoms with Gasteiger partial charge in [0.05, 0.1) is 18.9 Å². The molecule has 3 aromatic carbocycles. The van der Waals surface area contributed by atoms with E-state index in [9.17, 15) is 9.59 Å². The summed E-state index contributed by atoms with van der Waals surface area (Å²) in [6.07, 6.45) is 1.39. The number of hydrogen-bond acceptors (Lipinski definition) is 6. The number of aryl methyl sites for hydroxylation is 1. The molecule has 32 heavy (non-hydrogen) atoms. The van der Waals surface area contributed by atoms with Gasteiger partial charge >= 0.3 is 5.97 Å². The zero-order chi connectivity index (χ0) is 22.9. The van der Waals surface area contributed by atoms with Crippen molar-refractivity contribution in [3.05, 3.63) is 87.9 Å². The number of hydrazone groups is 1. The van der Waals surface area contributed by atoms with E-state index in [0.717, 1.165) is 10.0 Å². The van der Waals surface area contributed by atoms with Gasteiger partial charge in [0.25, 0.3) is 5.91 Å². The molecule has 0 aliphatic carbocycles. The number of amides is 1. The average Bonchev–Trinajstić information content (AvgIpc) is 2.79. The summed E-state index contributed by atoms with van der Waals surface area (Å²) < 4.78 is 16.9. The summed E-state index contributed by atoms with van der Waals surface area (Å²) in [6.45, 7) is 1.65. The lowest BCUT2D eigenvalue weighted by atomic mass is 10.1. The average molecular weight is 497 g/mol. The van der Waals surface area contributed by atoms with E-state index in [0.29, 0.717) is 28.4 Å². The third-order valence-corrected chi connectivity index (χ3v) is 4.74. The van der Waals surface area contributed by atoms with Gasteiger partial charge in [-0.2, -0.15) is 5.10 Å². The molecular formula is C24H21BrN2O5. The Morgan fingerprint density at radius 2 is 1.78 bits per heavy atom. The number of methoxy groups -OCH3 is 1. The summed E-state index contributed by atoms with van der Waals surface area (Å²) in [6, 6.07) is 19.2. The largest absolute Gasteiger partial charge is 0.493 e. The van der Waals surface area contributed by atoms with Gasteiger partial charge in [-0.3, -0.25) is 4.79 Å². The predicted molar refractivity (Wildman–Crippen MR) is 125 cm³/mol. The number of carbonyl (C=O) groups is 2. The first kappa shape index (κ1) is 23.0. The van der Waals surface area contributed by atoms with E-state index < -0.39 is 11.9 Å². The van der Waals surface area contributed by atoms with Gasteiger partial charge in [0.1, 0.15) is 5.75 Å². The fourth-order valence-corrected chi connectivity index (χ4v) is 3.11. The van der Waals surface area contributed by atoms with Crippen LogP contribution in [0.25, 0.3) is 0 Å². The van der Waals surface area contributed by atoms with E-state index >= 15 is 0 Å². The molecule has 0 unspecified atom stereocenters. The van der Waals surface area contributed by atoms with Gasteiger partial charge in [-0.1, -0.05) is 45.8 Å². The van der Waals surface area contributed by atoms with Crippen LogP contribution in [0, 0.1) is 6.92 Å². The van der Waals surface area contributed by atoms with Gasteiger partial charge in [-0.15, -0.1) is 0 Å². The van der Waals surface area contributed by atoms with E-state index in [4.69, 9.17) is 14.2 Å². The number of carbonyl (C=O) groups excluding carboxylic acids is 2. The van der Waals surface area contributed by atoms with E-state index in [1.165, 1.54) is 13.3 Å². The van der Waals surface area contributed by atoms with Crippen molar-refractivity contribution in [2.24, 2.45) is 5.10 Å². The SMILES string of the molecule is COc1ccccc1OCC(=O)N/N=C\c1cc(Br)ccc1OC(=O)c1cccc(C)c1. The Morgan fingerprint density at radius 1 is 1.00 bits per heavy atom. The van der Waals surface area contributed by atoms with Gasteiger partial charge in [0.15, 0.2) is 18.1 Å². The Bertz CT molecular complexity index is 1150. The molecule has 0 aliphatic rings. The Hall–Kier alpha value is -3.65. The molecule has 1 N–H and O–H groups in total. The number of nitrogens with one attached hydrogen (secondary N) is 1. The molecule has 3 aromatic rings. The Morgan fingerprint density at radius 3 is 2.53 bits per heavy atom. The van der Waals surface area contributed by atoms with Crippen LogP contribution in [0.2, 0.25) is 0 Å². The smallest absolute Gasteiger partial charge is 0.343 e. The standard InChI is InChI=1S/C24H21BrN2O5/c1-16-6-5-7-17(12-16)24(29)32-20-11-10-19(25)13-18(20)14-26-27-23(28)15-31-22-9-4-3-8-21(22)30-2/h3-14H,15H2,1-2H3,(H,27,28)/b26-14-. The number of nitrogens with zero attached hydrogens (tertiary/aromatic N) is 1. The van der Waals surface area contributed by atoms with Crippen molar-refractivity contribution in [2.45, 2.75) is 6.92 Å². The van der Waals surface area contributed by atoms with Crippen LogP contribution in [0.3, 0.4) is 0 Å². The molecule has 164 valence electrons. The number of hydrogen-bond donors (Lipinski definition) is 1. The maximum absolute atomic E-state index is 12.5. The van der Waals surface area contributed by atoms with Crippen molar-refractivity contribution in [1.29, 1.82) is 0 Å². The molecule has 0 aliphatic heterocycles. The Labute approximate surface area is 194 Å². The maximum Gasteiger partial charge on any atom is 0.343 e. The Balaban J connectivity index is 1.63. The molecule has 0 fully saturated rings. The van der Waals surface area contributed by atoms with Crippen molar-refractivity contribution >= 4 is 34.0 Å². The third kappa shape index (κ3) is 6.42. The van der Waals surface area contributed by atoms with Crippen molar-refractivity contribution < 1.29 is 23.8 Å². The number of ether oxygens (including phenoxy) is 3. The summed E-state index contributed by atoms with van der Waals surface area (Å²) in [7, 11) is 1.52. The van der Waals surface area contributed by atoms with E-state index in [1.54, 1.807) is 60.7 Å². The molecule has 0 radical (unpaired) electrons. The maximum atomic E-state index is 12.5. The topological polar surface area (TPSA) is 86.2 Å². The van der Waals surface area contributed by atoms with E-state index in [-0.39, 0.29) is 6.61 Å². The van der Waals surface area contributed by atoms with Crippen LogP contribution in [0.5, 0.6) is 17.2 Å². The first-order valence-electron chi connectivity index (χ1n) is 9.62. The highest BCUT2D eigenvalue weighted by molar-refractivity contribution is 9.10. The normalized spacial score (nSPS) is 10.6. The molecule has 1 amide bonds. The first-order chi connectivity index (χ1) is 15.5. The van der Waals surface area contributed by atoms with E-state index in [2.05, 4.69) is 26.5 Å². The summed E-state index contributed by atoms with van der Waals surface area (Å²) in [5.74, 6) is 0.341. The molecule has 0 saturated carbocycles. The lowest BCUT2D eigenvalue weighted by Gasteiger charge is -2.09. The minimum atomic E-state index is -0.486. The number of esters is 1. The molecule has 0 aromatic heterocycles. The molecule has 0 heterocycles.